The van der Waals surface area contributed by atoms with Crippen molar-refractivity contribution in [2.45, 2.75) is 52.6 Å². The van der Waals surface area contributed by atoms with E-state index in [0.29, 0.717) is 19.6 Å². The molecule has 0 spiro atoms. The predicted molar refractivity (Wildman–Crippen MR) is 142 cm³/mol. The Balaban J connectivity index is 1.81. The molecule has 0 bridgehead atoms. The van der Waals surface area contributed by atoms with Gasteiger partial charge in [0.1, 0.15) is 5.82 Å². The number of hydrogen-bond donors (Lipinski definition) is 1. The van der Waals surface area contributed by atoms with Gasteiger partial charge in [0.2, 0.25) is 0 Å². The number of rotatable bonds is 8. The second kappa shape index (κ2) is 11.1. The highest BCUT2D eigenvalue weighted by molar-refractivity contribution is 5.75. The number of likely N-dealkylation sites (tertiary alicyclic amines) is 1. The maximum absolute atomic E-state index is 13.8. The highest BCUT2D eigenvalue weighted by Gasteiger charge is 2.40. The number of nitrogens with two attached hydrogens (primary N) is 1. The van der Waals surface area contributed by atoms with Crippen LogP contribution < -0.4 is 5.73 Å². The van der Waals surface area contributed by atoms with Crippen molar-refractivity contribution in [2.75, 3.05) is 26.2 Å². The van der Waals surface area contributed by atoms with Crippen molar-refractivity contribution in [3.05, 3.63) is 78.2 Å². The molecular formula is C29H39N5O. The fourth-order valence-electron chi connectivity index (χ4n) is 4.98. The van der Waals surface area contributed by atoms with Crippen LogP contribution in [0.2, 0.25) is 0 Å². The minimum Gasteiger partial charge on any atom is -0.330 e. The van der Waals surface area contributed by atoms with Gasteiger partial charge in [-0.2, -0.15) is 0 Å². The summed E-state index contributed by atoms with van der Waals surface area (Å²) in [7, 11) is 0. The van der Waals surface area contributed by atoms with Crippen LogP contribution in [0.1, 0.15) is 57.5 Å². The van der Waals surface area contributed by atoms with Crippen LogP contribution in [0.25, 0.3) is 11.3 Å². The van der Waals surface area contributed by atoms with E-state index in [1.165, 1.54) is 5.56 Å². The maximum atomic E-state index is 13.8. The van der Waals surface area contributed by atoms with E-state index in [1.807, 2.05) is 34.1 Å². The van der Waals surface area contributed by atoms with Crippen molar-refractivity contribution in [3.63, 3.8) is 0 Å². The smallest absolute Gasteiger partial charge is 0.320 e. The van der Waals surface area contributed by atoms with Gasteiger partial charge in [-0.05, 0) is 36.8 Å². The lowest BCUT2D eigenvalue weighted by Gasteiger charge is -2.41. The molecule has 2 amide bonds. The molecule has 35 heavy (non-hydrogen) atoms. The van der Waals surface area contributed by atoms with Crippen LogP contribution >= 0.6 is 0 Å². The van der Waals surface area contributed by atoms with Gasteiger partial charge in [-0.15, -0.1) is 0 Å². The summed E-state index contributed by atoms with van der Waals surface area (Å²) in [6.45, 7) is 10.1. The van der Waals surface area contributed by atoms with Crippen LogP contribution in [0.5, 0.6) is 0 Å². The van der Waals surface area contributed by atoms with Crippen molar-refractivity contribution in [3.8, 4) is 11.3 Å². The fraction of sp³-hybridized carbons (Fsp3) is 0.448. The topological polar surface area (TPSA) is 67.4 Å². The first-order valence-electron chi connectivity index (χ1n) is 12.8. The van der Waals surface area contributed by atoms with Crippen LogP contribution in [0.15, 0.2) is 66.9 Å². The standard InChI is InChI=1S/C29H39N5O/c1-29(2,3)26(34(20-12-17-30)28(35)32-18-10-11-19-32)27-31-25(24-15-8-5-9-16-24)22-33(27)21-23-13-6-4-7-14-23/h4-9,13-16,22,26H,10-12,17-21,30H2,1-3H3. The van der Waals surface area contributed by atoms with E-state index in [2.05, 4.69) is 67.9 Å². The summed E-state index contributed by atoms with van der Waals surface area (Å²) in [4.78, 5) is 23.1. The van der Waals surface area contributed by atoms with Crippen molar-refractivity contribution in [1.82, 2.24) is 19.4 Å². The molecule has 2 heterocycles. The number of benzene rings is 2. The third-order valence-corrected chi connectivity index (χ3v) is 6.67. The molecule has 1 saturated heterocycles. The quantitative estimate of drug-likeness (QED) is 0.466. The molecular weight excluding hydrogens is 434 g/mol. The largest absolute Gasteiger partial charge is 0.330 e. The Bertz CT molecular complexity index is 1080. The molecule has 1 fully saturated rings. The molecule has 0 aliphatic carbocycles. The van der Waals surface area contributed by atoms with Crippen molar-refractivity contribution in [2.24, 2.45) is 11.1 Å². The van der Waals surface area contributed by atoms with Crippen LogP contribution in [0, 0.1) is 5.41 Å². The molecule has 1 atom stereocenters. The number of hydrogen-bond acceptors (Lipinski definition) is 3. The first-order chi connectivity index (χ1) is 16.9. The Labute approximate surface area is 209 Å². The lowest BCUT2D eigenvalue weighted by atomic mass is 9.84. The molecule has 4 rings (SSSR count). The number of nitrogens with zero attached hydrogens (tertiary/aromatic N) is 4. The average molecular weight is 474 g/mol. The number of amides is 2. The molecule has 186 valence electrons. The van der Waals surface area contributed by atoms with Gasteiger partial charge in [-0.1, -0.05) is 81.4 Å². The zero-order chi connectivity index (χ0) is 24.8. The molecule has 1 unspecified atom stereocenters. The van der Waals surface area contributed by atoms with E-state index in [0.717, 1.165) is 49.4 Å². The van der Waals surface area contributed by atoms with E-state index in [9.17, 15) is 4.79 Å². The second-order valence-corrected chi connectivity index (χ2v) is 10.5. The van der Waals surface area contributed by atoms with Gasteiger partial charge in [0, 0.05) is 37.9 Å². The fourth-order valence-corrected chi connectivity index (χ4v) is 4.98. The molecule has 1 aromatic heterocycles. The Morgan fingerprint density at radius 3 is 2.26 bits per heavy atom. The van der Waals surface area contributed by atoms with E-state index >= 15 is 0 Å². The monoisotopic (exact) mass is 473 g/mol. The molecule has 3 aromatic rings. The van der Waals surface area contributed by atoms with Crippen molar-refractivity contribution >= 4 is 6.03 Å². The van der Waals surface area contributed by atoms with E-state index in [-0.39, 0.29) is 17.5 Å². The Morgan fingerprint density at radius 1 is 1.03 bits per heavy atom. The lowest BCUT2D eigenvalue weighted by molar-refractivity contribution is 0.0878. The maximum Gasteiger partial charge on any atom is 0.320 e. The summed E-state index contributed by atoms with van der Waals surface area (Å²) in [5.74, 6) is 0.921. The molecule has 6 heteroatoms. The summed E-state index contributed by atoms with van der Waals surface area (Å²) in [6, 6.07) is 20.6. The summed E-state index contributed by atoms with van der Waals surface area (Å²) in [5, 5.41) is 0. The zero-order valence-corrected chi connectivity index (χ0v) is 21.4. The Hall–Kier alpha value is -3.12. The second-order valence-electron chi connectivity index (χ2n) is 10.5. The van der Waals surface area contributed by atoms with Gasteiger partial charge in [-0.25, -0.2) is 9.78 Å². The van der Waals surface area contributed by atoms with Gasteiger partial charge in [0.15, 0.2) is 0 Å². The highest BCUT2D eigenvalue weighted by atomic mass is 16.2. The molecule has 0 radical (unpaired) electrons. The third kappa shape index (κ3) is 5.93. The minimum absolute atomic E-state index is 0.103. The Kier molecular flexibility index (Phi) is 7.91. The highest BCUT2D eigenvalue weighted by Crippen LogP contribution is 2.40. The molecule has 2 N–H and O–H groups in total. The molecule has 2 aromatic carbocycles. The van der Waals surface area contributed by atoms with Gasteiger partial charge in [0.05, 0.1) is 11.7 Å². The summed E-state index contributed by atoms with van der Waals surface area (Å²) in [5.41, 5.74) is 8.91. The van der Waals surface area contributed by atoms with E-state index in [1.54, 1.807) is 0 Å². The van der Waals surface area contributed by atoms with Gasteiger partial charge < -0.3 is 20.1 Å². The first kappa shape index (κ1) is 25.0. The van der Waals surface area contributed by atoms with E-state index < -0.39 is 0 Å². The molecule has 6 nitrogen and oxygen atoms in total. The first-order valence-corrected chi connectivity index (χ1v) is 12.8. The predicted octanol–water partition coefficient (Wildman–Crippen LogP) is 5.55. The van der Waals surface area contributed by atoms with Crippen LogP contribution in [-0.4, -0.2) is 51.6 Å². The van der Waals surface area contributed by atoms with Crippen LogP contribution in [-0.2, 0) is 6.54 Å². The van der Waals surface area contributed by atoms with Gasteiger partial charge >= 0.3 is 6.03 Å². The van der Waals surface area contributed by atoms with Crippen LogP contribution in [0.3, 0.4) is 0 Å². The number of carbonyl (C=O) groups excluding carboxylic acids is 1. The lowest BCUT2D eigenvalue weighted by Crippen LogP contribution is -2.48. The third-order valence-electron chi connectivity index (χ3n) is 6.67. The minimum atomic E-state index is -0.224. The SMILES string of the molecule is CC(C)(C)C(c1nc(-c2ccccc2)cn1Cc1ccccc1)N(CCCN)C(=O)N1CCCC1. The van der Waals surface area contributed by atoms with Gasteiger partial charge in [-0.3, -0.25) is 0 Å². The molecule has 0 saturated carbocycles. The van der Waals surface area contributed by atoms with Crippen molar-refractivity contribution in [1.29, 1.82) is 0 Å². The van der Waals surface area contributed by atoms with Crippen molar-refractivity contribution < 1.29 is 4.79 Å². The van der Waals surface area contributed by atoms with Gasteiger partial charge in [0.25, 0.3) is 0 Å². The van der Waals surface area contributed by atoms with Crippen LogP contribution in [0.4, 0.5) is 4.79 Å². The molecule has 1 aliphatic rings. The molecule has 1 aliphatic heterocycles. The number of urea groups is 1. The normalized spacial score (nSPS) is 14.8. The zero-order valence-electron chi connectivity index (χ0n) is 21.4. The summed E-state index contributed by atoms with van der Waals surface area (Å²) in [6.07, 6.45) is 5.03. The Morgan fingerprint density at radius 2 is 1.66 bits per heavy atom. The summed E-state index contributed by atoms with van der Waals surface area (Å²) >= 11 is 0. The number of aromatic nitrogens is 2. The number of carbonyl (C=O) groups is 1. The number of imidazole rings is 1. The average Bonchev–Trinajstić information content (AvgIpc) is 3.53. The van der Waals surface area contributed by atoms with E-state index in [4.69, 9.17) is 10.7 Å². The summed E-state index contributed by atoms with van der Waals surface area (Å²) < 4.78 is 2.24.